The van der Waals surface area contributed by atoms with Crippen LogP contribution in [-0.4, -0.2) is 16.7 Å². The number of aryl methyl sites for hydroxylation is 1. The number of hydrogen-bond acceptors (Lipinski definition) is 1. The maximum absolute atomic E-state index is 8.89. The predicted octanol–water partition coefficient (Wildman–Crippen LogP) is 3.92. The zero-order chi connectivity index (χ0) is 12.5. The Kier molecular flexibility index (Phi) is 3.14. The van der Waals surface area contributed by atoms with Crippen LogP contribution in [0.5, 0.6) is 0 Å². The summed E-state index contributed by atoms with van der Waals surface area (Å²) in [6.07, 6.45) is 6.24. The van der Waals surface area contributed by atoms with Gasteiger partial charge < -0.3 is 10.1 Å². The third kappa shape index (κ3) is 2.06. The van der Waals surface area contributed by atoms with Gasteiger partial charge in [0, 0.05) is 28.2 Å². The number of benzene rings is 1. The van der Waals surface area contributed by atoms with Crippen molar-refractivity contribution in [3.63, 3.8) is 0 Å². The normalized spacial score (nSPS) is 14.7. The highest BCUT2D eigenvalue weighted by molar-refractivity contribution is 6.31. The molecule has 0 amide bonds. The van der Waals surface area contributed by atoms with Gasteiger partial charge in [0.1, 0.15) is 0 Å². The molecule has 0 bridgehead atoms. The smallest absolute Gasteiger partial charge is 0.0462 e. The first-order chi connectivity index (χ1) is 8.78. The molecule has 0 spiro atoms. The number of nitrogens with one attached hydrogen (secondary N) is 1. The first-order valence-electron chi connectivity index (χ1n) is 6.38. The Labute approximate surface area is 111 Å². The van der Waals surface area contributed by atoms with Crippen molar-refractivity contribution >= 4 is 28.6 Å². The molecule has 0 fully saturated rings. The van der Waals surface area contributed by atoms with E-state index < -0.39 is 0 Å². The SMILES string of the molecule is OCCCC1=Cc2[nH]c3ccc(Cl)cc3c2CC1. The largest absolute Gasteiger partial charge is 0.396 e. The van der Waals surface area contributed by atoms with Gasteiger partial charge in [0.05, 0.1) is 0 Å². The van der Waals surface area contributed by atoms with E-state index in [4.69, 9.17) is 16.7 Å². The van der Waals surface area contributed by atoms with Gasteiger partial charge >= 0.3 is 0 Å². The molecule has 1 aliphatic carbocycles. The highest BCUT2D eigenvalue weighted by Crippen LogP contribution is 2.33. The molecule has 1 aromatic heterocycles. The second-order valence-corrected chi connectivity index (χ2v) is 5.27. The van der Waals surface area contributed by atoms with Gasteiger partial charge in [0.25, 0.3) is 0 Å². The fourth-order valence-corrected chi connectivity index (χ4v) is 2.87. The van der Waals surface area contributed by atoms with E-state index in [0.29, 0.717) is 0 Å². The summed E-state index contributed by atoms with van der Waals surface area (Å²) in [5.41, 5.74) is 5.17. The van der Waals surface area contributed by atoms with Crippen LogP contribution in [0, 0.1) is 0 Å². The molecule has 0 unspecified atom stereocenters. The lowest BCUT2D eigenvalue weighted by atomic mass is 9.93. The molecule has 3 heteroatoms. The number of aliphatic hydroxyl groups is 1. The van der Waals surface area contributed by atoms with Crippen molar-refractivity contribution in [3.05, 3.63) is 40.1 Å². The average molecular weight is 262 g/mol. The summed E-state index contributed by atoms with van der Waals surface area (Å²) in [5.74, 6) is 0. The predicted molar refractivity (Wildman–Crippen MR) is 75.9 cm³/mol. The molecule has 1 aromatic carbocycles. The summed E-state index contributed by atoms with van der Waals surface area (Å²) in [7, 11) is 0. The van der Waals surface area contributed by atoms with Crippen molar-refractivity contribution < 1.29 is 5.11 Å². The van der Waals surface area contributed by atoms with E-state index in [1.54, 1.807) is 0 Å². The fourth-order valence-electron chi connectivity index (χ4n) is 2.70. The van der Waals surface area contributed by atoms with Crippen LogP contribution in [0.1, 0.15) is 30.5 Å². The van der Waals surface area contributed by atoms with Crippen LogP contribution < -0.4 is 0 Å². The maximum atomic E-state index is 8.89. The average Bonchev–Trinajstić information content (AvgIpc) is 2.73. The molecular weight excluding hydrogens is 246 g/mol. The topological polar surface area (TPSA) is 36.0 Å². The van der Waals surface area contributed by atoms with Crippen molar-refractivity contribution in [2.24, 2.45) is 0 Å². The molecule has 0 saturated carbocycles. The van der Waals surface area contributed by atoms with Gasteiger partial charge in [-0.25, -0.2) is 0 Å². The number of aromatic nitrogens is 1. The monoisotopic (exact) mass is 261 g/mol. The lowest BCUT2D eigenvalue weighted by Gasteiger charge is -2.13. The first-order valence-corrected chi connectivity index (χ1v) is 6.76. The van der Waals surface area contributed by atoms with Gasteiger partial charge in [0.15, 0.2) is 0 Å². The van der Waals surface area contributed by atoms with Gasteiger partial charge in [-0.15, -0.1) is 0 Å². The van der Waals surface area contributed by atoms with Crippen molar-refractivity contribution in [2.75, 3.05) is 6.61 Å². The van der Waals surface area contributed by atoms with Crippen LogP contribution >= 0.6 is 11.6 Å². The quantitative estimate of drug-likeness (QED) is 0.863. The van der Waals surface area contributed by atoms with Crippen LogP contribution in [0.3, 0.4) is 0 Å². The molecule has 3 rings (SSSR count). The van der Waals surface area contributed by atoms with Crippen molar-refractivity contribution in [3.8, 4) is 0 Å². The van der Waals surface area contributed by atoms with E-state index in [9.17, 15) is 0 Å². The summed E-state index contributed by atoms with van der Waals surface area (Å²) in [6.45, 7) is 0.270. The van der Waals surface area contributed by atoms with Gasteiger partial charge in [-0.05, 0) is 55.5 Å². The molecule has 2 N–H and O–H groups in total. The van der Waals surface area contributed by atoms with Gasteiger partial charge in [0.2, 0.25) is 0 Å². The fraction of sp³-hybridized carbons (Fsp3) is 0.333. The van der Waals surface area contributed by atoms with Crippen LogP contribution in [0.2, 0.25) is 5.02 Å². The van der Waals surface area contributed by atoms with Gasteiger partial charge in [-0.1, -0.05) is 17.2 Å². The molecule has 18 heavy (non-hydrogen) atoms. The standard InChI is InChI=1S/C15H16ClNO/c16-11-4-6-14-13(9-11)12-5-3-10(2-1-7-18)8-15(12)17-14/h4,6,8-9,17-18H,1-3,5,7H2. The van der Waals surface area contributed by atoms with Crippen molar-refractivity contribution in [2.45, 2.75) is 25.7 Å². The number of aromatic amines is 1. The zero-order valence-electron chi connectivity index (χ0n) is 10.2. The summed E-state index contributed by atoms with van der Waals surface area (Å²) < 4.78 is 0. The summed E-state index contributed by atoms with van der Waals surface area (Å²) in [5, 5.41) is 10.9. The lowest BCUT2D eigenvalue weighted by molar-refractivity contribution is 0.288. The van der Waals surface area contributed by atoms with E-state index >= 15 is 0 Å². The Morgan fingerprint density at radius 1 is 1.28 bits per heavy atom. The van der Waals surface area contributed by atoms with Crippen LogP contribution in [0.25, 0.3) is 17.0 Å². The molecule has 0 atom stereocenters. The minimum Gasteiger partial charge on any atom is -0.396 e. The number of hydrogen-bond donors (Lipinski definition) is 2. The first kappa shape index (κ1) is 11.8. The van der Waals surface area contributed by atoms with Gasteiger partial charge in [-0.3, -0.25) is 0 Å². The number of aliphatic hydroxyl groups excluding tert-OH is 1. The molecule has 1 aliphatic rings. The number of H-pyrrole nitrogens is 1. The van der Waals surface area contributed by atoms with E-state index in [2.05, 4.69) is 11.1 Å². The number of fused-ring (bicyclic) bond motifs is 3. The number of allylic oxidation sites excluding steroid dienone is 1. The van der Waals surface area contributed by atoms with E-state index in [0.717, 1.165) is 36.2 Å². The minimum absolute atomic E-state index is 0.270. The molecule has 2 aromatic rings. The molecule has 0 radical (unpaired) electrons. The van der Waals surface area contributed by atoms with Crippen LogP contribution in [0.4, 0.5) is 0 Å². The third-order valence-corrected chi connectivity index (χ3v) is 3.84. The van der Waals surface area contributed by atoms with E-state index in [1.165, 1.54) is 22.2 Å². The third-order valence-electron chi connectivity index (χ3n) is 3.60. The van der Waals surface area contributed by atoms with Crippen LogP contribution in [0.15, 0.2) is 23.8 Å². The van der Waals surface area contributed by atoms with E-state index in [1.807, 2.05) is 18.2 Å². The van der Waals surface area contributed by atoms with Gasteiger partial charge in [-0.2, -0.15) is 0 Å². The second-order valence-electron chi connectivity index (χ2n) is 4.84. The summed E-state index contributed by atoms with van der Waals surface area (Å²) in [6, 6.07) is 6.00. The highest BCUT2D eigenvalue weighted by Gasteiger charge is 2.15. The molecular formula is C15H16ClNO. The molecule has 2 nitrogen and oxygen atoms in total. The van der Waals surface area contributed by atoms with Crippen molar-refractivity contribution in [1.29, 1.82) is 0 Å². The summed E-state index contributed by atoms with van der Waals surface area (Å²) in [4.78, 5) is 3.45. The molecule has 0 aliphatic heterocycles. The Balaban J connectivity index is 2.01. The summed E-state index contributed by atoms with van der Waals surface area (Å²) >= 11 is 6.06. The van der Waals surface area contributed by atoms with Crippen molar-refractivity contribution in [1.82, 2.24) is 4.98 Å². The lowest BCUT2D eigenvalue weighted by Crippen LogP contribution is -1.98. The van der Waals surface area contributed by atoms with E-state index in [-0.39, 0.29) is 6.61 Å². The second kappa shape index (κ2) is 4.79. The molecule has 0 saturated heterocycles. The van der Waals surface area contributed by atoms with Crippen LogP contribution in [-0.2, 0) is 6.42 Å². The number of rotatable bonds is 3. The Bertz CT molecular complexity index is 612. The Hall–Kier alpha value is -1.25. The Morgan fingerprint density at radius 2 is 2.17 bits per heavy atom. The molecule has 94 valence electrons. The number of halogens is 1. The maximum Gasteiger partial charge on any atom is 0.0462 e. The highest BCUT2D eigenvalue weighted by atomic mass is 35.5. The Morgan fingerprint density at radius 3 is 3.00 bits per heavy atom. The zero-order valence-corrected chi connectivity index (χ0v) is 10.9. The molecule has 1 heterocycles. The minimum atomic E-state index is 0.270.